The Kier molecular flexibility index (Phi) is 11.6. The van der Waals surface area contributed by atoms with E-state index in [2.05, 4.69) is 10.6 Å². The SMILES string of the molecule is CC(C)(C)CC(=O)N1CCN(C(=O)CC(=O)NCCCCCC(=O)NCC(=O)N2CC[C@@H](O)C2)CC1. The minimum atomic E-state index is -0.478. The third-order valence-electron chi connectivity index (χ3n) is 6.33. The fraction of sp³-hybridized carbons (Fsp3) is 0.800. The number of aliphatic hydroxyl groups excluding tert-OH is 1. The predicted molar refractivity (Wildman–Crippen MR) is 134 cm³/mol. The molecule has 11 nitrogen and oxygen atoms in total. The Hall–Kier alpha value is -2.69. The number of carbonyl (C=O) groups is 5. The van der Waals surface area contributed by atoms with Gasteiger partial charge in [-0.1, -0.05) is 27.2 Å². The van der Waals surface area contributed by atoms with Crippen LogP contribution in [0.3, 0.4) is 0 Å². The van der Waals surface area contributed by atoms with Gasteiger partial charge in [0.2, 0.25) is 29.5 Å². The van der Waals surface area contributed by atoms with Crippen molar-refractivity contribution < 1.29 is 29.1 Å². The smallest absolute Gasteiger partial charge is 0.242 e. The molecule has 2 fully saturated rings. The average molecular weight is 510 g/mol. The Morgan fingerprint density at radius 2 is 1.42 bits per heavy atom. The normalized spacial score (nSPS) is 18.2. The van der Waals surface area contributed by atoms with Crippen LogP contribution in [0.25, 0.3) is 0 Å². The molecule has 36 heavy (non-hydrogen) atoms. The number of likely N-dealkylation sites (tertiary alicyclic amines) is 1. The van der Waals surface area contributed by atoms with Gasteiger partial charge < -0.3 is 30.4 Å². The van der Waals surface area contributed by atoms with Crippen LogP contribution in [0.15, 0.2) is 0 Å². The molecule has 0 aliphatic carbocycles. The van der Waals surface area contributed by atoms with Gasteiger partial charge in [0.05, 0.1) is 12.6 Å². The van der Waals surface area contributed by atoms with E-state index in [9.17, 15) is 29.1 Å². The topological polar surface area (TPSA) is 139 Å². The second-order valence-electron chi connectivity index (χ2n) is 10.9. The van der Waals surface area contributed by atoms with E-state index in [0.717, 1.165) is 6.42 Å². The minimum absolute atomic E-state index is 0.0576. The monoisotopic (exact) mass is 509 g/mol. The molecule has 1 atom stereocenters. The summed E-state index contributed by atoms with van der Waals surface area (Å²) in [5.41, 5.74) is -0.0754. The van der Waals surface area contributed by atoms with E-state index in [1.54, 1.807) is 14.7 Å². The van der Waals surface area contributed by atoms with E-state index in [-0.39, 0.29) is 47.9 Å². The lowest BCUT2D eigenvalue weighted by Gasteiger charge is -2.36. The van der Waals surface area contributed by atoms with E-state index < -0.39 is 6.10 Å². The summed E-state index contributed by atoms with van der Waals surface area (Å²) in [6.45, 7) is 9.14. The number of nitrogens with one attached hydrogen (secondary N) is 2. The van der Waals surface area contributed by atoms with Gasteiger partial charge in [-0.3, -0.25) is 24.0 Å². The third-order valence-corrected chi connectivity index (χ3v) is 6.33. The average Bonchev–Trinajstić information content (AvgIpc) is 3.25. The largest absolute Gasteiger partial charge is 0.391 e. The standard InChI is InChI=1S/C25H43N5O6/c1-25(2,3)16-23(35)29-13-11-28(12-14-29)22(34)15-21(33)26-9-6-4-5-7-20(32)27-17-24(36)30-10-8-19(31)18-30/h19,31H,4-18H2,1-3H3,(H,26,33)(H,27,32)/t19-/m1/s1. The highest BCUT2D eigenvalue weighted by atomic mass is 16.3. The molecule has 204 valence electrons. The van der Waals surface area contributed by atoms with Crippen LogP contribution in [0, 0.1) is 5.41 Å². The molecule has 0 unspecified atom stereocenters. The van der Waals surface area contributed by atoms with Crippen LogP contribution in [0.4, 0.5) is 0 Å². The maximum absolute atomic E-state index is 12.4. The lowest BCUT2D eigenvalue weighted by molar-refractivity contribution is -0.142. The second kappa shape index (κ2) is 14.2. The van der Waals surface area contributed by atoms with Crippen molar-refractivity contribution in [2.45, 2.75) is 71.8 Å². The fourth-order valence-corrected chi connectivity index (χ4v) is 4.24. The number of nitrogens with zero attached hydrogens (tertiary/aromatic N) is 3. The number of β-amino-alcohol motifs (C(OH)–C–C–N with tert-alkyl or cyclic N) is 1. The van der Waals surface area contributed by atoms with Crippen LogP contribution < -0.4 is 10.6 Å². The first-order valence-electron chi connectivity index (χ1n) is 13.0. The van der Waals surface area contributed by atoms with Crippen molar-refractivity contribution >= 4 is 29.5 Å². The molecule has 0 saturated carbocycles. The van der Waals surface area contributed by atoms with Gasteiger partial charge in [-0.05, 0) is 24.7 Å². The van der Waals surface area contributed by atoms with E-state index in [0.29, 0.717) is 77.9 Å². The van der Waals surface area contributed by atoms with Gasteiger partial charge in [-0.15, -0.1) is 0 Å². The van der Waals surface area contributed by atoms with Gasteiger partial charge in [0.25, 0.3) is 0 Å². The number of aliphatic hydroxyl groups is 1. The Balaban J connectivity index is 1.49. The Bertz CT molecular complexity index is 788. The number of hydrogen-bond donors (Lipinski definition) is 3. The molecule has 0 radical (unpaired) electrons. The van der Waals surface area contributed by atoms with Crippen molar-refractivity contribution in [2.75, 3.05) is 52.4 Å². The summed E-state index contributed by atoms with van der Waals surface area (Å²) in [5, 5.41) is 14.8. The minimum Gasteiger partial charge on any atom is -0.391 e. The van der Waals surface area contributed by atoms with Gasteiger partial charge in [-0.2, -0.15) is 0 Å². The van der Waals surface area contributed by atoms with Crippen molar-refractivity contribution in [2.24, 2.45) is 5.41 Å². The maximum atomic E-state index is 12.4. The van der Waals surface area contributed by atoms with Crippen molar-refractivity contribution in [3.63, 3.8) is 0 Å². The zero-order chi connectivity index (χ0) is 26.7. The predicted octanol–water partition coefficient (Wildman–Crippen LogP) is -0.130. The van der Waals surface area contributed by atoms with Gasteiger partial charge in [0.1, 0.15) is 6.42 Å². The van der Waals surface area contributed by atoms with Crippen LogP contribution in [-0.4, -0.2) is 108 Å². The van der Waals surface area contributed by atoms with Gasteiger partial charge >= 0.3 is 0 Å². The molecule has 2 rings (SSSR count). The number of amides is 5. The number of rotatable bonds is 11. The van der Waals surface area contributed by atoms with Gasteiger partial charge in [0, 0.05) is 58.7 Å². The molecule has 2 saturated heterocycles. The lowest BCUT2D eigenvalue weighted by atomic mass is 9.91. The van der Waals surface area contributed by atoms with E-state index in [4.69, 9.17) is 0 Å². The number of carbonyl (C=O) groups excluding carboxylic acids is 5. The van der Waals surface area contributed by atoms with Gasteiger partial charge in [0.15, 0.2) is 0 Å². The summed E-state index contributed by atoms with van der Waals surface area (Å²) >= 11 is 0. The summed E-state index contributed by atoms with van der Waals surface area (Å²) in [6.07, 6.45) is 2.71. The van der Waals surface area contributed by atoms with Crippen molar-refractivity contribution in [3.05, 3.63) is 0 Å². The number of hydrogen-bond acceptors (Lipinski definition) is 6. The molecular formula is C25H43N5O6. The first kappa shape index (κ1) is 29.5. The van der Waals surface area contributed by atoms with Crippen LogP contribution >= 0.6 is 0 Å². The quantitative estimate of drug-likeness (QED) is 0.262. The summed E-state index contributed by atoms with van der Waals surface area (Å²) < 4.78 is 0. The summed E-state index contributed by atoms with van der Waals surface area (Å²) in [5.74, 6) is -0.841. The first-order chi connectivity index (χ1) is 16.9. The third kappa shape index (κ3) is 10.9. The molecule has 2 aliphatic heterocycles. The highest BCUT2D eigenvalue weighted by molar-refractivity contribution is 5.97. The molecule has 0 aromatic rings. The second-order valence-corrected chi connectivity index (χ2v) is 10.9. The van der Waals surface area contributed by atoms with Gasteiger partial charge in [-0.25, -0.2) is 0 Å². The van der Waals surface area contributed by atoms with Crippen LogP contribution in [0.2, 0.25) is 0 Å². The molecule has 3 N–H and O–H groups in total. The summed E-state index contributed by atoms with van der Waals surface area (Å²) in [4.78, 5) is 65.7. The van der Waals surface area contributed by atoms with Crippen molar-refractivity contribution in [1.82, 2.24) is 25.3 Å². The summed E-state index contributed by atoms with van der Waals surface area (Å²) in [6, 6.07) is 0. The Morgan fingerprint density at radius 3 is 2.00 bits per heavy atom. The van der Waals surface area contributed by atoms with Crippen LogP contribution in [0.5, 0.6) is 0 Å². The van der Waals surface area contributed by atoms with E-state index in [1.807, 2.05) is 20.8 Å². The zero-order valence-electron chi connectivity index (χ0n) is 22.0. The molecule has 0 bridgehead atoms. The molecule has 0 spiro atoms. The Morgan fingerprint density at radius 1 is 0.778 bits per heavy atom. The van der Waals surface area contributed by atoms with Crippen LogP contribution in [0.1, 0.15) is 65.7 Å². The molecule has 0 aromatic carbocycles. The highest BCUT2D eigenvalue weighted by Crippen LogP contribution is 2.20. The Labute approximate surface area is 213 Å². The molecule has 0 aromatic heterocycles. The van der Waals surface area contributed by atoms with E-state index in [1.165, 1.54) is 0 Å². The maximum Gasteiger partial charge on any atom is 0.242 e. The number of unbranched alkanes of at least 4 members (excludes halogenated alkanes) is 2. The van der Waals surface area contributed by atoms with Crippen molar-refractivity contribution in [3.8, 4) is 0 Å². The van der Waals surface area contributed by atoms with Crippen molar-refractivity contribution in [1.29, 1.82) is 0 Å². The zero-order valence-corrected chi connectivity index (χ0v) is 22.0. The molecular weight excluding hydrogens is 466 g/mol. The molecule has 5 amide bonds. The molecule has 2 heterocycles. The lowest BCUT2D eigenvalue weighted by Crippen LogP contribution is -2.51. The molecule has 11 heteroatoms. The van der Waals surface area contributed by atoms with Crippen LogP contribution in [-0.2, 0) is 24.0 Å². The van der Waals surface area contributed by atoms with E-state index >= 15 is 0 Å². The summed E-state index contributed by atoms with van der Waals surface area (Å²) in [7, 11) is 0. The highest BCUT2D eigenvalue weighted by Gasteiger charge is 2.27. The number of piperazine rings is 1. The fourth-order valence-electron chi connectivity index (χ4n) is 4.24. The first-order valence-corrected chi connectivity index (χ1v) is 13.0. The molecule has 2 aliphatic rings.